The number of hydrogen-bond acceptors (Lipinski definition) is 4. The summed E-state index contributed by atoms with van der Waals surface area (Å²) in [6.07, 6.45) is 10.00. The molecule has 4 nitrogen and oxygen atoms in total. The molecular formula is C13H19N3O. The van der Waals surface area contributed by atoms with Gasteiger partial charge in [0.25, 0.3) is 0 Å². The van der Waals surface area contributed by atoms with Crippen LogP contribution in [0.3, 0.4) is 0 Å². The van der Waals surface area contributed by atoms with Crippen LogP contribution in [0.5, 0.6) is 0 Å². The Morgan fingerprint density at radius 2 is 1.82 bits per heavy atom. The van der Waals surface area contributed by atoms with Crippen molar-refractivity contribution in [1.82, 2.24) is 15.5 Å². The lowest BCUT2D eigenvalue weighted by atomic mass is 9.53. The quantitative estimate of drug-likeness (QED) is 0.869. The van der Waals surface area contributed by atoms with Gasteiger partial charge in [-0.1, -0.05) is 5.16 Å². The molecule has 5 rings (SSSR count). The first-order valence-electron chi connectivity index (χ1n) is 6.82. The van der Waals surface area contributed by atoms with Gasteiger partial charge in [-0.15, -0.1) is 0 Å². The fourth-order valence-electron chi connectivity index (χ4n) is 4.86. The van der Waals surface area contributed by atoms with E-state index in [-0.39, 0.29) is 0 Å². The standard InChI is InChI=1S/C13H19N3O/c1-9-2-11-3-10(1)5-13(4-9,6-11)15-7-12-14-8-17-16-12/h8-11,15H,1-7H2. The van der Waals surface area contributed by atoms with Crippen LogP contribution in [-0.4, -0.2) is 15.7 Å². The molecule has 0 spiro atoms. The van der Waals surface area contributed by atoms with E-state index < -0.39 is 0 Å². The van der Waals surface area contributed by atoms with Gasteiger partial charge in [0.05, 0.1) is 6.54 Å². The summed E-state index contributed by atoms with van der Waals surface area (Å²) >= 11 is 0. The zero-order valence-corrected chi connectivity index (χ0v) is 10.1. The minimum absolute atomic E-state index is 0.398. The van der Waals surface area contributed by atoms with E-state index >= 15 is 0 Å². The molecule has 0 saturated heterocycles. The lowest BCUT2D eigenvalue weighted by molar-refractivity contribution is -0.0209. The largest absolute Gasteiger partial charge is 0.343 e. The van der Waals surface area contributed by atoms with Crippen molar-refractivity contribution in [1.29, 1.82) is 0 Å². The van der Waals surface area contributed by atoms with Crippen molar-refractivity contribution in [3.05, 3.63) is 12.2 Å². The second kappa shape index (κ2) is 3.55. The van der Waals surface area contributed by atoms with E-state index in [1.54, 1.807) is 0 Å². The van der Waals surface area contributed by atoms with Gasteiger partial charge in [-0.05, 0) is 56.3 Å². The molecule has 0 radical (unpaired) electrons. The van der Waals surface area contributed by atoms with Crippen molar-refractivity contribution < 1.29 is 4.52 Å². The third-order valence-electron chi connectivity index (χ3n) is 5.07. The summed E-state index contributed by atoms with van der Waals surface area (Å²) in [5.41, 5.74) is 0.398. The fraction of sp³-hybridized carbons (Fsp3) is 0.846. The van der Waals surface area contributed by atoms with Crippen LogP contribution in [0.1, 0.15) is 44.3 Å². The molecule has 0 unspecified atom stereocenters. The van der Waals surface area contributed by atoms with Crippen molar-refractivity contribution in [3.8, 4) is 0 Å². The minimum Gasteiger partial charge on any atom is -0.343 e. The van der Waals surface area contributed by atoms with Gasteiger partial charge < -0.3 is 9.84 Å². The van der Waals surface area contributed by atoms with Crippen molar-refractivity contribution in [2.24, 2.45) is 17.8 Å². The minimum atomic E-state index is 0.398. The first kappa shape index (κ1) is 10.1. The Hall–Kier alpha value is -0.900. The van der Waals surface area contributed by atoms with Gasteiger partial charge in [0.2, 0.25) is 6.39 Å². The highest BCUT2D eigenvalue weighted by atomic mass is 16.5. The highest BCUT2D eigenvalue weighted by molar-refractivity contribution is 5.06. The SMILES string of the molecule is c1nc(CNC23CC4CC(CC(C4)C2)C3)no1. The van der Waals surface area contributed by atoms with Crippen LogP contribution in [0.25, 0.3) is 0 Å². The van der Waals surface area contributed by atoms with Gasteiger partial charge >= 0.3 is 0 Å². The van der Waals surface area contributed by atoms with Gasteiger partial charge in [0, 0.05) is 5.54 Å². The van der Waals surface area contributed by atoms with Crippen LogP contribution in [0, 0.1) is 17.8 Å². The topological polar surface area (TPSA) is 51.0 Å². The lowest BCUT2D eigenvalue weighted by Gasteiger charge is -2.57. The summed E-state index contributed by atoms with van der Waals surface area (Å²) in [5, 5.41) is 7.63. The molecule has 1 heterocycles. The summed E-state index contributed by atoms with van der Waals surface area (Å²) < 4.78 is 4.78. The average Bonchev–Trinajstić information content (AvgIpc) is 2.77. The molecule has 4 saturated carbocycles. The average molecular weight is 233 g/mol. The fourth-order valence-corrected chi connectivity index (χ4v) is 4.86. The monoisotopic (exact) mass is 233 g/mol. The molecule has 4 bridgehead atoms. The van der Waals surface area contributed by atoms with Gasteiger partial charge in [0.1, 0.15) is 0 Å². The first-order chi connectivity index (χ1) is 8.31. The number of nitrogens with one attached hydrogen (secondary N) is 1. The molecular weight excluding hydrogens is 214 g/mol. The van der Waals surface area contributed by atoms with Crippen LogP contribution in [-0.2, 0) is 6.54 Å². The molecule has 0 amide bonds. The van der Waals surface area contributed by atoms with Crippen molar-refractivity contribution in [3.63, 3.8) is 0 Å². The Morgan fingerprint density at radius 3 is 2.35 bits per heavy atom. The summed E-state index contributed by atoms with van der Waals surface area (Å²) in [6.45, 7) is 0.767. The first-order valence-corrected chi connectivity index (χ1v) is 6.82. The van der Waals surface area contributed by atoms with Crippen LogP contribution < -0.4 is 5.32 Å². The van der Waals surface area contributed by atoms with Gasteiger partial charge in [-0.3, -0.25) is 0 Å². The molecule has 1 N–H and O–H groups in total. The smallest absolute Gasteiger partial charge is 0.213 e. The van der Waals surface area contributed by atoms with Gasteiger partial charge in [0.15, 0.2) is 5.82 Å². The number of hydrogen-bond donors (Lipinski definition) is 1. The Labute approximate surface area is 101 Å². The summed E-state index contributed by atoms with van der Waals surface area (Å²) in [4.78, 5) is 4.09. The molecule has 1 aromatic heterocycles. The summed E-state index contributed by atoms with van der Waals surface area (Å²) in [7, 11) is 0. The molecule has 92 valence electrons. The van der Waals surface area contributed by atoms with Crippen molar-refractivity contribution >= 4 is 0 Å². The lowest BCUT2D eigenvalue weighted by Crippen LogP contribution is -2.58. The number of nitrogens with zero attached hydrogens (tertiary/aromatic N) is 2. The molecule has 4 aliphatic rings. The highest BCUT2D eigenvalue weighted by Crippen LogP contribution is 2.55. The number of rotatable bonds is 3. The Kier molecular flexibility index (Phi) is 2.10. The Bertz CT molecular complexity index is 366. The van der Waals surface area contributed by atoms with Gasteiger partial charge in [-0.25, -0.2) is 0 Å². The second-order valence-electron chi connectivity index (χ2n) is 6.40. The predicted octanol–water partition coefficient (Wildman–Crippen LogP) is 2.13. The van der Waals surface area contributed by atoms with E-state index in [0.29, 0.717) is 5.54 Å². The van der Waals surface area contributed by atoms with E-state index in [9.17, 15) is 0 Å². The maximum atomic E-state index is 4.78. The van der Waals surface area contributed by atoms with E-state index in [1.165, 1.54) is 44.9 Å². The highest BCUT2D eigenvalue weighted by Gasteiger charge is 2.50. The second-order valence-corrected chi connectivity index (χ2v) is 6.40. The third-order valence-corrected chi connectivity index (χ3v) is 5.07. The van der Waals surface area contributed by atoms with Crippen molar-refractivity contribution in [2.75, 3.05) is 0 Å². The molecule has 0 aliphatic heterocycles. The summed E-state index contributed by atoms with van der Waals surface area (Å²) in [5.74, 6) is 3.75. The van der Waals surface area contributed by atoms with E-state index in [2.05, 4.69) is 15.5 Å². The molecule has 17 heavy (non-hydrogen) atoms. The zero-order valence-electron chi connectivity index (χ0n) is 10.1. The van der Waals surface area contributed by atoms with Gasteiger partial charge in [-0.2, -0.15) is 4.98 Å². The maximum Gasteiger partial charge on any atom is 0.213 e. The van der Waals surface area contributed by atoms with E-state index in [1.807, 2.05) is 0 Å². The zero-order chi connectivity index (χ0) is 11.3. The van der Waals surface area contributed by atoms with Crippen LogP contribution in [0.4, 0.5) is 0 Å². The van der Waals surface area contributed by atoms with E-state index in [4.69, 9.17) is 4.52 Å². The molecule has 0 aromatic carbocycles. The normalized spacial score (nSPS) is 43.2. The Balaban J connectivity index is 1.49. The molecule has 0 atom stereocenters. The van der Waals surface area contributed by atoms with Crippen LogP contribution >= 0.6 is 0 Å². The van der Waals surface area contributed by atoms with Crippen LogP contribution in [0.2, 0.25) is 0 Å². The molecule has 4 fully saturated rings. The maximum absolute atomic E-state index is 4.78. The third kappa shape index (κ3) is 1.69. The van der Waals surface area contributed by atoms with Crippen LogP contribution in [0.15, 0.2) is 10.9 Å². The molecule has 4 heteroatoms. The number of aromatic nitrogens is 2. The molecule has 4 aliphatic carbocycles. The van der Waals surface area contributed by atoms with Crippen molar-refractivity contribution in [2.45, 2.75) is 50.6 Å². The summed E-state index contributed by atoms with van der Waals surface area (Å²) in [6, 6.07) is 0. The van der Waals surface area contributed by atoms with E-state index in [0.717, 1.165) is 30.1 Å². The molecule has 1 aromatic rings. The Morgan fingerprint density at radius 1 is 1.18 bits per heavy atom. The predicted molar refractivity (Wildman–Crippen MR) is 62.0 cm³/mol.